The van der Waals surface area contributed by atoms with E-state index in [1.807, 2.05) is 30.3 Å². The topological polar surface area (TPSA) is 56.0 Å². The van der Waals surface area contributed by atoms with E-state index < -0.39 is 8.28 Å². The third-order valence-electron chi connectivity index (χ3n) is 2.05. The van der Waals surface area contributed by atoms with Gasteiger partial charge in [0.15, 0.2) is 5.01 Å². The molecule has 0 bridgehead atoms. The summed E-state index contributed by atoms with van der Waals surface area (Å²) in [6.45, 7) is 0. The summed E-state index contributed by atoms with van der Waals surface area (Å²) in [5.41, 5.74) is 0.996. The van der Waals surface area contributed by atoms with Crippen molar-refractivity contribution in [1.82, 2.24) is 4.98 Å². The Morgan fingerprint density at radius 2 is 1.94 bits per heavy atom. The molecular formula is C10H6Br2N2O2S. The van der Waals surface area contributed by atoms with Gasteiger partial charge in [0.25, 0.3) is 0 Å². The summed E-state index contributed by atoms with van der Waals surface area (Å²) in [6, 6.07) is 9.62. The zero-order valence-corrected chi connectivity index (χ0v) is 12.3. The third kappa shape index (κ3) is 2.56. The predicted molar refractivity (Wildman–Crippen MR) is 74.1 cm³/mol. The Morgan fingerprint density at radius 1 is 1.29 bits per heavy atom. The highest BCUT2D eigenvalue weighted by atomic mass is 79.9. The molecule has 1 heterocycles. The first kappa shape index (κ1) is 12.7. The van der Waals surface area contributed by atoms with Crippen LogP contribution in [0.4, 0.5) is 0 Å². The molecule has 0 spiro atoms. The van der Waals surface area contributed by atoms with Gasteiger partial charge in [0.1, 0.15) is 0 Å². The molecule has 0 fully saturated rings. The highest BCUT2D eigenvalue weighted by molar-refractivity contribution is 9.24. The number of nitrogens with zero attached hydrogens (tertiary/aromatic N) is 2. The lowest BCUT2D eigenvalue weighted by Crippen LogP contribution is -2.20. The van der Waals surface area contributed by atoms with Gasteiger partial charge in [0.05, 0.1) is 9.80 Å². The number of rotatable bonds is 3. The fraction of sp³-hybridized carbons (Fsp3) is 0.100. The summed E-state index contributed by atoms with van der Waals surface area (Å²) in [7, 11) is 0. The van der Waals surface area contributed by atoms with Gasteiger partial charge >= 0.3 is 3.36 Å². The maximum Gasteiger partial charge on any atom is 0.377 e. The van der Waals surface area contributed by atoms with Crippen molar-refractivity contribution in [2.75, 3.05) is 0 Å². The highest BCUT2D eigenvalue weighted by Crippen LogP contribution is 2.42. The monoisotopic (exact) mass is 376 g/mol. The average molecular weight is 378 g/mol. The van der Waals surface area contributed by atoms with Crippen molar-refractivity contribution >= 4 is 43.2 Å². The lowest BCUT2D eigenvalue weighted by Gasteiger charge is -2.06. The minimum absolute atomic E-state index is 0.362. The number of hydrogen-bond donors (Lipinski definition) is 0. The van der Waals surface area contributed by atoms with Crippen LogP contribution in [-0.2, 0) is 3.36 Å². The van der Waals surface area contributed by atoms with Crippen LogP contribution in [0.15, 0.2) is 36.5 Å². The van der Waals surface area contributed by atoms with E-state index in [9.17, 15) is 10.1 Å². The van der Waals surface area contributed by atoms with E-state index in [-0.39, 0.29) is 0 Å². The molecule has 0 radical (unpaired) electrons. The summed E-state index contributed by atoms with van der Waals surface area (Å²) >= 11 is 7.29. The number of nitro groups is 1. The fourth-order valence-electron chi connectivity index (χ4n) is 1.23. The number of hydrogen-bond acceptors (Lipinski definition) is 4. The number of halogens is 2. The van der Waals surface area contributed by atoms with E-state index in [1.54, 1.807) is 6.20 Å². The molecule has 0 unspecified atom stereocenters. The number of alkyl halides is 2. The highest BCUT2D eigenvalue weighted by Gasteiger charge is 2.42. The minimum atomic E-state index is -1.50. The van der Waals surface area contributed by atoms with E-state index in [4.69, 9.17) is 0 Å². The second kappa shape index (κ2) is 4.83. The van der Waals surface area contributed by atoms with Crippen molar-refractivity contribution in [3.63, 3.8) is 0 Å². The molecular weight excluding hydrogens is 372 g/mol. The Bertz CT molecular complexity index is 542. The zero-order chi connectivity index (χ0) is 12.5. The molecule has 1 aromatic heterocycles. The molecule has 1 aromatic carbocycles. The molecule has 0 aliphatic carbocycles. The van der Waals surface area contributed by atoms with Crippen molar-refractivity contribution in [2.24, 2.45) is 0 Å². The van der Waals surface area contributed by atoms with E-state index in [2.05, 4.69) is 36.8 Å². The van der Waals surface area contributed by atoms with Crippen LogP contribution in [0.1, 0.15) is 5.01 Å². The van der Waals surface area contributed by atoms with Crippen molar-refractivity contribution < 1.29 is 4.92 Å². The van der Waals surface area contributed by atoms with Gasteiger partial charge in [-0.05, 0) is 5.56 Å². The largest absolute Gasteiger partial charge is 0.377 e. The maximum atomic E-state index is 10.8. The molecule has 17 heavy (non-hydrogen) atoms. The molecule has 2 rings (SSSR count). The molecule has 0 N–H and O–H groups in total. The van der Waals surface area contributed by atoms with Gasteiger partial charge in [-0.1, -0.05) is 30.3 Å². The van der Waals surface area contributed by atoms with Gasteiger partial charge in [-0.3, -0.25) is 10.1 Å². The number of benzene rings is 1. The molecule has 0 aliphatic heterocycles. The normalized spacial score (nSPS) is 11.4. The SMILES string of the molecule is O=[N+]([O-])C(Br)(Br)c1ncc(-c2ccccc2)s1. The summed E-state index contributed by atoms with van der Waals surface area (Å²) < 4.78 is -1.50. The van der Waals surface area contributed by atoms with E-state index in [1.165, 1.54) is 11.3 Å². The van der Waals surface area contributed by atoms with Crippen LogP contribution in [0, 0.1) is 10.1 Å². The second-order valence-electron chi connectivity index (χ2n) is 3.19. The Kier molecular flexibility index (Phi) is 3.60. The molecule has 0 aliphatic rings. The van der Waals surface area contributed by atoms with Crippen LogP contribution < -0.4 is 0 Å². The van der Waals surface area contributed by atoms with E-state index in [0.717, 1.165) is 10.4 Å². The quantitative estimate of drug-likeness (QED) is 0.351. The first-order valence-electron chi connectivity index (χ1n) is 4.56. The first-order valence-corrected chi connectivity index (χ1v) is 6.96. The first-order chi connectivity index (χ1) is 8.01. The van der Waals surface area contributed by atoms with Crippen LogP contribution in [-0.4, -0.2) is 9.91 Å². The van der Waals surface area contributed by atoms with Gasteiger partial charge < -0.3 is 0 Å². The molecule has 4 nitrogen and oxygen atoms in total. The van der Waals surface area contributed by atoms with Crippen LogP contribution in [0.3, 0.4) is 0 Å². The van der Waals surface area contributed by atoms with E-state index >= 15 is 0 Å². The lowest BCUT2D eigenvalue weighted by molar-refractivity contribution is -0.510. The molecule has 88 valence electrons. The smallest absolute Gasteiger partial charge is 0.262 e. The average Bonchev–Trinajstić information content (AvgIpc) is 2.80. The second-order valence-corrected chi connectivity index (χ2v) is 7.58. The Hall–Kier alpha value is -0.790. The molecule has 7 heteroatoms. The van der Waals surface area contributed by atoms with Crippen molar-refractivity contribution in [2.45, 2.75) is 3.36 Å². The molecule has 0 amide bonds. The van der Waals surface area contributed by atoms with Crippen LogP contribution >= 0.6 is 43.2 Å². The van der Waals surface area contributed by atoms with Gasteiger partial charge in [0.2, 0.25) is 0 Å². The summed E-state index contributed by atoms with van der Waals surface area (Å²) in [5.74, 6) is 0. The minimum Gasteiger partial charge on any atom is -0.262 e. The van der Waals surface area contributed by atoms with Crippen LogP contribution in [0.5, 0.6) is 0 Å². The predicted octanol–water partition coefficient (Wildman–Crippen LogP) is 3.99. The summed E-state index contributed by atoms with van der Waals surface area (Å²) in [5, 5.41) is 11.2. The van der Waals surface area contributed by atoms with Crippen molar-refractivity contribution in [1.29, 1.82) is 0 Å². The fourth-order valence-corrected chi connectivity index (χ4v) is 2.79. The van der Waals surface area contributed by atoms with E-state index in [0.29, 0.717) is 5.01 Å². The van der Waals surface area contributed by atoms with Gasteiger partial charge in [-0.15, -0.1) is 11.3 Å². The standard InChI is InChI=1S/C10H6Br2N2O2S/c11-10(12,14(15)16)9-13-6-8(17-9)7-4-2-1-3-5-7/h1-6H. The Morgan fingerprint density at radius 3 is 2.53 bits per heavy atom. The van der Waals surface area contributed by atoms with Gasteiger partial charge in [-0.2, -0.15) is 0 Å². The zero-order valence-electron chi connectivity index (χ0n) is 8.34. The number of thiazole rings is 1. The lowest BCUT2D eigenvalue weighted by atomic mass is 10.2. The number of aromatic nitrogens is 1. The molecule has 0 saturated carbocycles. The molecule has 2 aromatic rings. The Balaban J connectivity index is 2.38. The summed E-state index contributed by atoms with van der Waals surface area (Å²) in [4.78, 5) is 15.3. The third-order valence-corrected chi connectivity index (χ3v) is 5.06. The van der Waals surface area contributed by atoms with Gasteiger partial charge in [-0.25, -0.2) is 4.98 Å². The van der Waals surface area contributed by atoms with Gasteiger partial charge in [0, 0.05) is 38.1 Å². The van der Waals surface area contributed by atoms with Crippen LogP contribution in [0.2, 0.25) is 0 Å². The molecule has 0 saturated heterocycles. The molecule has 0 atom stereocenters. The summed E-state index contributed by atoms with van der Waals surface area (Å²) in [6.07, 6.45) is 1.64. The van der Waals surface area contributed by atoms with Crippen LogP contribution in [0.25, 0.3) is 10.4 Å². The maximum absolute atomic E-state index is 10.8. The Labute approximate surface area is 118 Å². The van der Waals surface area contributed by atoms with Crippen molar-refractivity contribution in [3.05, 3.63) is 51.7 Å². The van der Waals surface area contributed by atoms with Crippen molar-refractivity contribution in [3.8, 4) is 10.4 Å².